The largest absolute Gasteiger partial charge is 0.144 e. The highest BCUT2D eigenvalue weighted by molar-refractivity contribution is 7.11. The van der Waals surface area contributed by atoms with Crippen LogP contribution in [0.5, 0.6) is 0 Å². The molecule has 0 fully saturated rings. The van der Waals surface area contributed by atoms with Crippen molar-refractivity contribution in [2.75, 3.05) is 0 Å². The molecule has 0 unspecified atom stereocenters. The average Bonchev–Trinajstić information content (AvgIpc) is 2.94. The summed E-state index contributed by atoms with van der Waals surface area (Å²) < 4.78 is 0. The molecule has 0 spiro atoms. The van der Waals surface area contributed by atoms with E-state index in [1.165, 1.54) is 40.0 Å². The van der Waals surface area contributed by atoms with Crippen LogP contribution in [0.4, 0.5) is 0 Å². The maximum atomic E-state index is 2.36. The lowest BCUT2D eigenvalue weighted by Gasteiger charge is -2.03. The van der Waals surface area contributed by atoms with E-state index in [2.05, 4.69) is 48.7 Å². The van der Waals surface area contributed by atoms with E-state index in [-0.39, 0.29) is 0 Å². The zero-order valence-corrected chi connectivity index (χ0v) is 10.9. The zero-order valence-electron chi connectivity index (χ0n) is 10.1. The third kappa shape index (κ3) is 1.96. The second-order valence-corrected chi connectivity index (χ2v) is 5.49. The molecule has 0 aliphatic heterocycles. The van der Waals surface area contributed by atoms with Crippen LogP contribution in [0.25, 0.3) is 11.6 Å². The molecular formula is C16H16S. The van der Waals surface area contributed by atoms with Crippen molar-refractivity contribution in [1.29, 1.82) is 0 Å². The number of benzene rings is 1. The third-order valence-corrected chi connectivity index (χ3v) is 4.36. The summed E-state index contributed by atoms with van der Waals surface area (Å²) in [6.07, 6.45) is 5.89. The van der Waals surface area contributed by atoms with Crippen molar-refractivity contribution < 1.29 is 0 Å². The van der Waals surface area contributed by atoms with E-state index >= 15 is 0 Å². The Bertz CT molecular complexity index is 560. The first-order valence-electron chi connectivity index (χ1n) is 6.23. The average molecular weight is 240 g/mol. The Morgan fingerprint density at radius 1 is 1.18 bits per heavy atom. The molecule has 0 atom stereocenters. The summed E-state index contributed by atoms with van der Waals surface area (Å²) in [5.74, 6) is 0. The first-order valence-corrected chi connectivity index (χ1v) is 7.11. The summed E-state index contributed by atoms with van der Waals surface area (Å²) >= 11 is 1.89. The van der Waals surface area contributed by atoms with Gasteiger partial charge in [0.2, 0.25) is 0 Å². The Kier molecular flexibility index (Phi) is 2.86. The molecule has 0 radical (unpaired) electrons. The predicted molar refractivity (Wildman–Crippen MR) is 76.3 cm³/mol. The van der Waals surface area contributed by atoms with Gasteiger partial charge in [0.1, 0.15) is 0 Å². The Balaban J connectivity index is 1.95. The second-order valence-electron chi connectivity index (χ2n) is 4.57. The summed E-state index contributed by atoms with van der Waals surface area (Å²) in [4.78, 5) is 1.50. The first kappa shape index (κ1) is 10.8. The van der Waals surface area contributed by atoms with Gasteiger partial charge in [0.15, 0.2) is 0 Å². The molecule has 1 aromatic carbocycles. The van der Waals surface area contributed by atoms with Crippen LogP contribution in [-0.2, 0) is 12.8 Å². The van der Waals surface area contributed by atoms with Crippen LogP contribution >= 0.6 is 11.3 Å². The van der Waals surface area contributed by atoms with E-state index in [4.69, 9.17) is 0 Å². The van der Waals surface area contributed by atoms with Crippen molar-refractivity contribution in [3.8, 4) is 0 Å². The molecule has 1 aliphatic rings. The molecule has 86 valence electrons. The van der Waals surface area contributed by atoms with Crippen LogP contribution in [0.2, 0.25) is 0 Å². The van der Waals surface area contributed by atoms with Crippen LogP contribution < -0.4 is 0 Å². The summed E-state index contributed by atoms with van der Waals surface area (Å²) in [7, 11) is 0. The van der Waals surface area contributed by atoms with Crippen LogP contribution in [0.15, 0.2) is 35.7 Å². The number of thiophene rings is 1. The van der Waals surface area contributed by atoms with Crippen molar-refractivity contribution in [1.82, 2.24) is 0 Å². The number of rotatable bonds is 3. The van der Waals surface area contributed by atoms with Gasteiger partial charge < -0.3 is 0 Å². The molecule has 0 nitrogen and oxygen atoms in total. The molecule has 0 saturated heterocycles. The molecule has 1 heteroatoms. The summed E-state index contributed by atoms with van der Waals surface area (Å²) in [6.45, 7) is 2.25. The topological polar surface area (TPSA) is 0 Å². The van der Waals surface area contributed by atoms with E-state index in [1.54, 1.807) is 0 Å². The first-order chi connectivity index (χ1) is 8.38. The highest BCUT2D eigenvalue weighted by Gasteiger charge is 2.16. The number of aryl methyl sites for hydroxylation is 1. The van der Waals surface area contributed by atoms with Gasteiger partial charge in [0, 0.05) is 4.88 Å². The van der Waals surface area contributed by atoms with Crippen LogP contribution in [0.1, 0.15) is 34.9 Å². The number of hydrogen-bond acceptors (Lipinski definition) is 1. The minimum Gasteiger partial charge on any atom is -0.144 e. The van der Waals surface area contributed by atoms with Gasteiger partial charge in [-0.15, -0.1) is 11.3 Å². The molecule has 2 aromatic rings. The van der Waals surface area contributed by atoms with Crippen molar-refractivity contribution in [2.24, 2.45) is 0 Å². The van der Waals surface area contributed by atoms with Gasteiger partial charge in [0.05, 0.1) is 0 Å². The van der Waals surface area contributed by atoms with Crippen LogP contribution in [0.3, 0.4) is 0 Å². The van der Waals surface area contributed by atoms with E-state index < -0.39 is 0 Å². The molecular weight excluding hydrogens is 224 g/mol. The lowest BCUT2D eigenvalue weighted by molar-refractivity contribution is 0.923. The Labute approximate surface area is 107 Å². The maximum absolute atomic E-state index is 2.36. The lowest BCUT2D eigenvalue weighted by Crippen LogP contribution is -1.88. The summed E-state index contributed by atoms with van der Waals surface area (Å²) in [5.41, 5.74) is 5.90. The molecule has 3 rings (SSSR count). The van der Waals surface area contributed by atoms with E-state index in [9.17, 15) is 0 Å². The smallest absolute Gasteiger partial charge is 0.0337 e. The van der Waals surface area contributed by atoms with Gasteiger partial charge in [-0.05, 0) is 52.6 Å². The lowest BCUT2D eigenvalue weighted by atomic mass is 10.0. The fraction of sp³-hybridized carbons (Fsp3) is 0.250. The third-order valence-electron chi connectivity index (χ3n) is 3.32. The standard InChI is InChI=1S/C16H16S/c1-2-5-12-8-9-17-16(12)15-10-13-6-3-4-7-14(13)11-15/h3-4,6-10H,2,5,11H2,1H3. The van der Waals surface area contributed by atoms with E-state index in [0.29, 0.717) is 0 Å². The fourth-order valence-electron chi connectivity index (χ4n) is 2.51. The van der Waals surface area contributed by atoms with Crippen molar-refractivity contribution in [2.45, 2.75) is 26.2 Å². The van der Waals surface area contributed by atoms with Gasteiger partial charge in [-0.25, -0.2) is 0 Å². The molecule has 0 N–H and O–H groups in total. The molecule has 1 aliphatic carbocycles. The van der Waals surface area contributed by atoms with Gasteiger partial charge in [0.25, 0.3) is 0 Å². The summed E-state index contributed by atoms with van der Waals surface area (Å²) in [5, 5.41) is 2.23. The van der Waals surface area contributed by atoms with E-state index in [0.717, 1.165) is 6.42 Å². The van der Waals surface area contributed by atoms with Crippen molar-refractivity contribution >= 4 is 23.0 Å². The second kappa shape index (κ2) is 4.50. The minimum atomic E-state index is 1.10. The highest BCUT2D eigenvalue weighted by Crippen LogP contribution is 2.36. The minimum absolute atomic E-state index is 1.10. The number of fused-ring (bicyclic) bond motifs is 1. The van der Waals surface area contributed by atoms with E-state index in [1.807, 2.05) is 11.3 Å². The molecule has 1 heterocycles. The fourth-order valence-corrected chi connectivity index (χ4v) is 3.48. The molecule has 1 aromatic heterocycles. The van der Waals surface area contributed by atoms with Gasteiger partial charge in [-0.3, -0.25) is 0 Å². The highest BCUT2D eigenvalue weighted by atomic mass is 32.1. The summed E-state index contributed by atoms with van der Waals surface area (Å²) in [6, 6.07) is 11.0. The number of hydrogen-bond donors (Lipinski definition) is 0. The maximum Gasteiger partial charge on any atom is 0.0337 e. The molecule has 0 amide bonds. The Hall–Kier alpha value is -1.34. The molecule has 0 saturated carbocycles. The zero-order chi connectivity index (χ0) is 11.7. The Morgan fingerprint density at radius 2 is 2.06 bits per heavy atom. The van der Waals surface area contributed by atoms with Crippen LogP contribution in [-0.4, -0.2) is 0 Å². The Morgan fingerprint density at radius 3 is 2.88 bits per heavy atom. The monoisotopic (exact) mass is 240 g/mol. The van der Waals surface area contributed by atoms with Gasteiger partial charge >= 0.3 is 0 Å². The van der Waals surface area contributed by atoms with Crippen molar-refractivity contribution in [3.05, 3.63) is 57.3 Å². The van der Waals surface area contributed by atoms with Gasteiger partial charge in [-0.2, -0.15) is 0 Å². The molecule has 0 bridgehead atoms. The van der Waals surface area contributed by atoms with Crippen molar-refractivity contribution in [3.63, 3.8) is 0 Å². The molecule has 17 heavy (non-hydrogen) atoms. The predicted octanol–water partition coefficient (Wildman–Crippen LogP) is 4.80. The van der Waals surface area contributed by atoms with Crippen LogP contribution in [0, 0.1) is 0 Å². The normalized spacial score (nSPS) is 13.6. The van der Waals surface area contributed by atoms with Gasteiger partial charge in [-0.1, -0.05) is 37.6 Å². The number of allylic oxidation sites excluding steroid dienone is 1. The SMILES string of the molecule is CCCc1ccsc1C1=Cc2ccccc2C1. The quantitative estimate of drug-likeness (QED) is 0.723.